The molecule has 0 atom stereocenters. The Balaban J connectivity index is 2.30. The van der Waals surface area contributed by atoms with Gasteiger partial charge in [-0.2, -0.15) is 5.26 Å². The Morgan fingerprint density at radius 1 is 1.25 bits per heavy atom. The van der Waals surface area contributed by atoms with Gasteiger partial charge in [-0.05, 0) is 24.3 Å². The highest BCUT2D eigenvalue weighted by molar-refractivity contribution is 6.08. The SMILES string of the molecule is N#C/C(=C\c1ccc(-c2cccc(C(=O)O)c2)o1)C(=O)NC(N)=O. The van der Waals surface area contributed by atoms with Crippen molar-refractivity contribution in [3.8, 4) is 17.4 Å². The molecule has 1 aromatic carbocycles. The molecule has 3 amide bonds. The summed E-state index contributed by atoms with van der Waals surface area (Å²) in [5, 5.41) is 19.7. The number of hydrogen-bond acceptors (Lipinski definition) is 5. The van der Waals surface area contributed by atoms with E-state index in [2.05, 4.69) is 0 Å². The van der Waals surface area contributed by atoms with Crippen molar-refractivity contribution in [2.24, 2.45) is 5.73 Å². The second-order valence-electron chi connectivity index (χ2n) is 4.58. The lowest BCUT2D eigenvalue weighted by atomic mass is 10.1. The van der Waals surface area contributed by atoms with Crippen LogP contribution < -0.4 is 11.1 Å². The van der Waals surface area contributed by atoms with Crippen molar-refractivity contribution >= 4 is 24.0 Å². The minimum Gasteiger partial charge on any atom is -0.478 e. The maximum Gasteiger partial charge on any atom is 0.335 e. The molecular formula is C16H11N3O5. The third-order valence-electron chi connectivity index (χ3n) is 2.91. The summed E-state index contributed by atoms with van der Waals surface area (Å²) in [6.07, 6.45) is 1.14. The van der Waals surface area contributed by atoms with E-state index in [9.17, 15) is 14.4 Å². The van der Waals surface area contributed by atoms with Crippen molar-refractivity contribution in [2.45, 2.75) is 0 Å². The van der Waals surface area contributed by atoms with Gasteiger partial charge >= 0.3 is 12.0 Å². The summed E-state index contributed by atoms with van der Waals surface area (Å²) in [5.41, 5.74) is 5.07. The van der Waals surface area contributed by atoms with E-state index >= 15 is 0 Å². The van der Waals surface area contributed by atoms with Crippen LogP contribution in [-0.2, 0) is 4.79 Å². The molecule has 0 saturated carbocycles. The van der Waals surface area contributed by atoms with E-state index in [4.69, 9.17) is 20.5 Å². The Kier molecular flexibility index (Phi) is 4.77. The first-order valence-electron chi connectivity index (χ1n) is 6.57. The van der Waals surface area contributed by atoms with E-state index < -0.39 is 17.9 Å². The molecule has 1 heterocycles. The fraction of sp³-hybridized carbons (Fsp3) is 0. The Bertz CT molecular complexity index is 889. The molecule has 120 valence electrons. The van der Waals surface area contributed by atoms with Gasteiger partial charge in [0.2, 0.25) is 0 Å². The summed E-state index contributed by atoms with van der Waals surface area (Å²) in [6, 6.07) is 9.71. The number of benzene rings is 1. The molecule has 2 aromatic rings. The monoisotopic (exact) mass is 325 g/mol. The van der Waals surface area contributed by atoms with Crippen LogP contribution in [0.3, 0.4) is 0 Å². The van der Waals surface area contributed by atoms with E-state index in [0.29, 0.717) is 11.3 Å². The highest BCUT2D eigenvalue weighted by Crippen LogP contribution is 2.24. The lowest BCUT2D eigenvalue weighted by Gasteiger charge is -1.99. The molecule has 1 aromatic heterocycles. The summed E-state index contributed by atoms with van der Waals surface area (Å²) >= 11 is 0. The minimum absolute atomic E-state index is 0.0968. The number of hydrogen-bond donors (Lipinski definition) is 3. The topological polar surface area (TPSA) is 146 Å². The fourth-order valence-electron chi connectivity index (χ4n) is 1.86. The van der Waals surface area contributed by atoms with Gasteiger partial charge in [0.05, 0.1) is 5.56 Å². The highest BCUT2D eigenvalue weighted by atomic mass is 16.4. The molecule has 0 unspecified atom stereocenters. The summed E-state index contributed by atoms with van der Waals surface area (Å²) in [7, 11) is 0. The van der Waals surface area contributed by atoms with Gasteiger partial charge in [-0.25, -0.2) is 9.59 Å². The maximum absolute atomic E-state index is 11.6. The number of nitrogens with zero attached hydrogens (tertiary/aromatic N) is 1. The zero-order valence-electron chi connectivity index (χ0n) is 12.1. The van der Waals surface area contributed by atoms with Gasteiger partial charge < -0.3 is 15.3 Å². The van der Waals surface area contributed by atoms with Crippen LogP contribution in [0.15, 0.2) is 46.4 Å². The smallest absolute Gasteiger partial charge is 0.335 e. The number of primary amides is 1. The van der Waals surface area contributed by atoms with Crippen LogP contribution in [-0.4, -0.2) is 23.0 Å². The molecule has 24 heavy (non-hydrogen) atoms. The maximum atomic E-state index is 11.6. The molecule has 0 saturated heterocycles. The van der Waals surface area contributed by atoms with Gasteiger partial charge in [0.1, 0.15) is 23.2 Å². The van der Waals surface area contributed by atoms with E-state index in [1.807, 2.05) is 0 Å². The Labute approximate surface area is 135 Å². The normalized spacial score (nSPS) is 10.7. The number of nitrogens with two attached hydrogens (primary N) is 1. The van der Waals surface area contributed by atoms with Crippen LogP contribution in [0.1, 0.15) is 16.1 Å². The number of aromatic carboxylic acids is 1. The molecule has 0 aliphatic heterocycles. The van der Waals surface area contributed by atoms with Crippen molar-refractivity contribution in [3.63, 3.8) is 0 Å². The number of nitriles is 1. The van der Waals surface area contributed by atoms with E-state index in [0.717, 1.165) is 6.08 Å². The number of urea groups is 1. The van der Waals surface area contributed by atoms with Gasteiger partial charge in [-0.3, -0.25) is 10.1 Å². The molecule has 0 spiro atoms. The predicted octanol–water partition coefficient (Wildman–Crippen LogP) is 1.75. The largest absolute Gasteiger partial charge is 0.478 e. The standard InChI is InChI=1S/C16H11N3O5/c17-8-11(14(20)19-16(18)23)7-12-4-5-13(24-12)9-2-1-3-10(6-9)15(21)22/h1-7H,(H,21,22)(H3,18,19,20,23)/b11-7+. The molecule has 2 rings (SSSR count). The van der Waals surface area contributed by atoms with E-state index in [-0.39, 0.29) is 16.9 Å². The van der Waals surface area contributed by atoms with Crippen LogP contribution >= 0.6 is 0 Å². The molecule has 0 bridgehead atoms. The molecule has 8 nitrogen and oxygen atoms in total. The van der Waals surface area contributed by atoms with Crippen molar-refractivity contribution in [1.82, 2.24) is 5.32 Å². The molecular weight excluding hydrogens is 314 g/mol. The molecule has 0 aliphatic carbocycles. The van der Waals surface area contributed by atoms with E-state index in [1.165, 1.54) is 18.2 Å². The van der Waals surface area contributed by atoms with Crippen LogP contribution in [0.2, 0.25) is 0 Å². The first kappa shape index (κ1) is 16.5. The summed E-state index contributed by atoms with van der Waals surface area (Å²) in [4.78, 5) is 33.2. The second kappa shape index (κ2) is 6.93. The van der Waals surface area contributed by atoms with Gasteiger partial charge in [-0.1, -0.05) is 12.1 Å². The number of carboxylic acids is 1. The summed E-state index contributed by atoms with van der Waals surface area (Å²) in [5.74, 6) is -1.48. The number of nitrogens with one attached hydrogen (secondary N) is 1. The minimum atomic E-state index is -1.08. The summed E-state index contributed by atoms with van der Waals surface area (Å²) < 4.78 is 5.48. The first-order chi connectivity index (χ1) is 11.4. The molecule has 4 N–H and O–H groups in total. The molecule has 0 radical (unpaired) electrons. The Morgan fingerprint density at radius 3 is 2.62 bits per heavy atom. The number of imide groups is 1. The first-order valence-corrected chi connectivity index (χ1v) is 6.57. The third-order valence-corrected chi connectivity index (χ3v) is 2.91. The zero-order valence-corrected chi connectivity index (χ0v) is 12.1. The zero-order chi connectivity index (χ0) is 17.7. The number of carbonyl (C=O) groups excluding carboxylic acids is 2. The second-order valence-corrected chi connectivity index (χ2v) is 4.58. The lowest BCUT2D eigenvalue weighted by Crippen LogP contribution is -2.35. The Hall–Kier alpha value is -3.86. The van der Waals surface area contributed by atoms with Crippen LogP contribution in [0.25, 0.3) is 17.4 Å². The van der Waals surface area contributed by atoms with Crippen molar-refractivity contribution < 1.29 is 23.9 Å². The van der Waals surface area contributed by atoms with Crippen molar-refractivity contribution in [1.29, 1.82) is 5.26 Å². The number of carboxylic acid groups (broad SMARTS) is 1. The van der Waals surface area contributed by atoms with Crippen LogP contribution in [0.4, 0.5) is 4.79 Å². The number of carbonyl (C=O) groups is 3. The van der Waals surface area contributed by atoms with Gasteiger partial charge in [0.25, 0.3) is 5.91 Å². The van der Waals surface area contributed by atoms with Crippen LogP contribution in [0, 0.1) is 11.3 Å². The average Bonchev–Trinajstić information content (AvgIpc) is 3.00. The van der Waals surface area contributed by atoms with Crippen molar-refractivity contribution in [2.75, 3.05) is 0 Å². The Morgan fingerprint density at radius 2 is 2.00 bits per heavy atom. The van der Waals surface area contributed by atoms with Gasteiger partial charge in [0.15, 0.2) is 0 Å². The van der Waals surface area contributed by atoms with Gasteiger partial charge in [0, 0.05) is 11.6 Å². The van der Waals surface area contributed by atoms with Crippen molar-refractivity contribution in [3.05, 3.63) is 53.3 Å². The molecule has 0 aliphatic rings. The summed E-state index contributed by atoms with van der Waals surface area (Å²) in [6.45, 7) is 0. The lowest BCUT2D eigenvalue weighted by molar-refractivity contribution is -0.116. The van der Waals surface area contributed by atoms with Crippen LogP contribution in [0.5, 0.6) is 0 Å². The molecule has 8 heteroatoms. The number of rotatable bonds is 4. The van der Waals surface area contributed by atoms with E-state index in [1.54, 1.807) is 29.6 Å². The number of furan rings is 1. The quantitative estimate of drug-likeness (QED) is 0.576. The predicted molar refractivity (Wildman–Crippen MR) is 82.4 cm³/mol. The molecule has 0 fully saturated rings. The average molecular weight is 325 g/mol. The third kappa shape index (κ3) is 3.86. The van der Waals surface area contributed by atoms with Gasteiger partial charge in [-0.15, -0.1) is 0 Å². The fourth-order valence-corrected chi connectivity index (χ4v) is 1.86. The highest BCUT2D eigenvalue weighted by Gasteiger charge is 2.13. The number of amides is 3.